The van der Waals surface area contributed by atoms with Crippen LogP contribution in [0.25, 0.3) is 0 Å². The van der Waals surface area contributed by atoms with Crippen molar-refractivity contribution >= 4 is 23.2 Å². The molecule has 86 valence electrons. The fourth-order valence-corrected chi connectivity index (χ4v) is 2.14. The maximum absolute atomic E-state index is 11.8. The Hall–Kier alpha value is -1.22. The van der Waals surface area contributed by atoms with E-state index in [1.807, 2.05) is 19.9 Å². The summed E-state index contributed by atoms with van der Waals surface area (Å²) in [5.74, 6) is 0.804. The van der Waals surface area contributed by atoms with E-state index in [0.717, 1.165) is 17.0 Å². The Kier molecular flexibility index (Phi) is 2.80. The summed E-state index contributed by atoms with van der Waals surface area (Å²) in [6.45, 7) is 3.83. The zero-order chi connectivity index (χ0) is 11.9. The molecule has 0 fully saturated rings. The van der Waals surface area contributed by atoms with Crippen LogP contribution in [-0.2, 0) is 4.79 Å². The van der Waals surface area contributed by atoms with Gasteiger partial charge in [0.25, 0.3) is 0 Å². The third-order valence-electron chi connectivity index (χ3n) is 2.74. The fourth-order valence-electron chi connectivity index (χ4n) is 1.87. The smallest absolute Gasteiger partial charge is 0.230 e. The monoisotopic (exact) mass is 239 g/mol. The number of amides is 1. The molecule has 0 N–H and O–H groups in total. The molecule has 0 aromatic heterocycles. The van der Waals surface area contributed by atoms with E-state index in [2.05, 4.69) is 0 Å². The van der Waals surface area contributed by atoms with E-state index in [4.69, 9.17) is 16.3 Å². The molecule has 0 saturated carbocycles. The van der Waals surface area contributed by atoms with Gasteiger partial charge in [0.2, 0.25) is 5.91 Å². The van der Waals surface area contributed by atoms with Crippen LogP contribution in [0.1, 0.15) is 18.9 Å². The topological polar surface area (TPSA) is 29.5 Å². The van der Waals surface area contributed by atoms with Gasteiger partial charge in [0.15, 0.2) is 0 Å². The first-order valence-corrected chi connectivity index (χ1v) is 5.60. The van der Waals surface area contributed by atoms with Crippen molar-refractivity contribution in [1.29, 1.82) is 0 Å². The van der Waals surface area contributed by atoms with E-state index in [9.17, 15) is 4.79 Å². The molecule has 0 saturated heterocycles. The highest BCUT2D eigenvalue weighted by molar-refractivity contribution is 6.31. The average molecular weight is 240 g/mol. The van der Waals surface area contributed by atoms with Gasteiger partial charge in [-0.05, 0) is 31.5 Å². The maximum atomic E-state index is 11.8. The first-order chi connectivity index (χ1) is 7.49. The Morgan fingerprint density at radius 3 is 2.88 bits per heavy atom. The molecular formula is C12H14ClNO2. The molecule has 1 heterocycles. The summed E-state index contributed by atoms with van der Waals surface area (Å²) in [5, 5.41) is 0.619. The van der Waals surface area contributed by atoms with Crippen molar-refractivity contribution < 1.29 is 9.53 Å². The summed E-state index contributed by atoms with van der Waals surface area (Å²) in [5.41, 5.74) is 1.70. The summed E-state index contributed by atoms with van der Waals surface area (Å²) < 4.78 is 5.76. The van der Waals surface area contributed by atoms with Crippen molar-refractivity contribution in [2.45, 2.75) is 26.4 Å². The first kappa shape index (κ1) is 11.3. The second kappa shape index (κ2) is 3.98. The number of carbonyl (C=O) groups excluding carboxylic acids is 1. The molecule has 1 unspecified atom stereocenters. The number of anilines is 1. The Balaban J connectivity index is 2.59. The molecule has 4 heteroatoms. The third-order valence-corrected chi connectivity index (χ3v) is 2.95. The van der Waals surface area contributed by atoms with Crippen LogP contribution in [0.15, 0.2) is 12.1 Å². The van der Waals surface area contributed by atoms with Gasteiger partial charge in [-0.3, -0.25) is 4.79 Å². The van der Waals surface area contributed by atoms with Crippen LogP contribution >= 0.6 is 11.6 Å². The number of carbonyl (C=O) groups is 1. The molecule has 1 aromatic carbocycles. The Bertz CT molecular complexity index is 445. The van der Waals surface area contributed by atoms with E-state index in [1.165, 1.54) is 0 Å². The molecule has 0 aliphatic carbocycles. The van der Waals surface area contributed by atoms with Crippen LogP contribution in [0.3, 0.4) is 0 Å². The lowest BCUT2D eigenvalue weighted by atomic mass is 10.2. The van der Waals surface area contributed by atoms with Crippen molar-refractivity contribution in [1.82, 2.24) is 0 Å². The molecule has 1 aromatic rings. The molecule has 1 amide bonds. The number of hydrogen-bond acceptors (Lipinski definition) is 2. The van der Waals surface area contributed by atoms with Gasteiger partial charge in [-0.15, -0.1) is 0 Å². The van der Waals surface area contributed by atoms with Gasteiger partial charge in [-0.25, -0.2) is 0 Å². The van der Waals surface area contributed by atoms with E-state index in [0.29, 0.717) is 11.4 Å². The summed E-state index contributed by atoms with van der Waals surface area (Å²) in [6.07, 6.45) is 0.290. The van der Waals surface area contributed by atoms with Crippen LogP contribution in [0.2, 0.25) is 5.02 Å². The highest BCUT2D eigenvalue weighted by atomic mass is 35.5. The second-order valence-electron chi connectivity index (χ2n) is 4.16. The van der Waals surface area contributed by atoms with Crippen LogP contribution in [0.5, 0.6) is 5.75 Å². The normalized spacial score (nSPS) is 20.1. The van der Waals surface area contributed by atoms with Crippen molar-refractivity contribution in [2.24, 2.45) is 0 Å². The highest BCUT2D eigenvalue weighted by Gasteiger charge is 2.25. The minimum Gasteiger partial charge on any atom is -0.488 e. The fraction of sp³-hybridized carbons (Fsp3) is 0.417. The van der Waals surface area contributed by atoms with Crippen molar-refractivity contribution in [3.63, 3.8) is 0 Å². The maximum Gasteiger partial charge on any atom is 0.230 e. The average Bonchev–Trinajstić information content (AvgIpc) is 2.29. The molecule has 1 aliphatic heterocycles. The van der Waals surface area contributed by atoms with Crippen molar-refractivity contribution in [3.8, 4) is 5.75 Å². The lowest BCUT2D eigenvalue weighted by Gasteiger charge is -2.18. The third kappa shape index (κ3) is 1.87. The molecule has 0 bridgehead atoms. The van der Waals surface area contributed by atoms with Crippen LogP contribution < -0.4 is 9.64 Å². The number of ether oxygens (including phenoxy) is 1. The molecule has 0 spiro atoms. The number of rotatable bonds is 0. The van der Waals surface area contributed by atoms with Gasteiger partial charge in [0.05, 0.1) is 12.1 Å². The largest absolute Gasteiger partial charge is 0.488 e. The lowest BCUT2D eigenvalue weighted by molar-refractivity contribution is -0.119. The number of benzene rings is 1. The zero-order valence-electron chi connectivity index (χ0n) is 9.58. The number of hydrogen-bond donors (Lipinski definition) is 0. The summed E-state index contributed by atoms with van der Waals surface area (Å²) in [6, 6.07) is 3.61. The SMILES string of the molecule is Cc1cc(Cl)cc2c1OC(C)CC(=O)N2C. The number of nitrogens with zero attached hydrogens (tertiary/aromatic N) is 1. The second-order valence-corrected chi connectivity index (χ2v) is 4.59. The molecule has 1 aliphatic rings. The number of halogens is 1. The molecule has 16 heavy (non-hydrogen) atoms. The Morgan fingerprint density at radius 2 is 2.19 bits per heavy atom. The molecule has 0 radical (unpaired) electrons. The summed E-state index contributed by atoms with van der Waals surface area (Å²) in [4.78, 5) is 13.4. The number of aryl methyl sites for hydroxylation is 1. The van der Waals surface area contributed by atoms with Crippen molar-refractivity contribution in [2.75, 3.05) is 11.9 Å². The molecule has 3 nitrogen and oxygen atoms in total. The van der Waals surface area contributed by atoms with Gasteiger partial charge in [0.1, 0.15) is 11.9 Å². The predicted molar refractivity (Wildman–Crippen MR) is 64.3 cm³/mol. The highest BCUT2D eigenvalue weighted by Crippen LogP contribution is 2.37. The Morgan fingerprint density at radius 1 is 1.50 bits per heavy atom. The van der Waals surface area contributed by atoms with E-state index >= 15 is 0 Å². The van der Waals surface area contributed by atoms with Gasteiger partial charge < -0.3 is 9.64 Å². The lowest BCUT2D eigenvalue weighted by Crippen LogP contribution is -2.27. The van der Waals surface area contributed by atoms with Crippen LogP contribution in [0, 0.1) is 6.92 Å². The molecular weight excluding hydrogens is 226 g/mol. The number of fused-ring (bicyclic) bond motifs is 1. The van der Waals surface area contributed by atoms with Gasteiger partial charge in [-0.1, -0.05) is 11.6 Å². The van der Waals surface area contributed by atoms with E-state index in [-0.39, 0.29) is 12.0 Å². The predicted octanol–water partition coefficient (Wildman–Crippen LogP) is 2.78. The van der Waals surface area contributed by atoms with Gasteiger partial charge in [0, 0.05) is 12.1 Å². The summed E-state index contributed by atoms with van der Waals surface area (Å²) >= 11 is 5.99. The Labute approximate surface area is 100.0 Å². The standard InChI is InChI=1S/C12H14ClNO2/c1-7-4-9(13)6-10-12(7)16-8(2)5-11(15)14(10)3/h4,6,8H,5H2,1-3H3. The first-order valence-electron chi connectivity index (χ1n) is 5.22. The van der Waals surface area contributed by atoms with Crippen molar-refractivity contribution in [3.05, 3.63) is 22.7 Å². The van der Waals surface area contributed by atoms with E-state index < -0.39 is 0 Å². The van der Waals surface area contributed by atoms with Crippen LogP contribution in [-0.4, -0.2) is 19.1 Å². The van der Waals surface area contributed by atoms with Crippen LogP contribution in [0.4, 0.5) is 5.69 Å². The van der Waals surface area contributed by atoms with Gasteiger partial charge >= 0.3 is 0 Å². The molecule has 2 rings (SSSR count). The zero-order valence-corrected chi connectivity index (χ0v) is 10.3. The quantitative estimate of drug-likeness (QED) is 0.697. The summed E-state index contributed by atoms with van der Waals surface area (Å²) in [7, 11) is 1.75. The molecule has 1 atom stereocenters. The van der Waals surface area contributed by atoms with E-state index in [1.54, 1.807) is 18.0 Å². The minimum absolute atomic E-state index is 0.0490. The minimum atomic E-state index is -0.101. The van der Waals surface area contributed by atoms with Gasteiger partial charge in [-0.2, -0.15) is 0 Å².